The second-order valence-corrected chi connectivity index (χ2v) is 9.84. The Morgan fingerprint density at radius 2 is 2.52 bits per heavy atom. The second-order valence-electron chi connectivity index (χ2n) is 4.98. The van der Waals surface area contributed by atoms with Crippen molar-refractivity contribution < 1.29 is 14.4 Å². The fourth-order valence-corrected chi connectivity index (χ4v) is 4.04. The lowest BCUT2D eigenvalue weighted by atomic mass is 10.2. The Labute approximate surface area is 137 Å². The van der Waals surface area contributed by atoms with Gasteiger partial charge in [0.1, 0.15) is 12.3 Å². The summed E-state index contributed by atoms with van der Waals surface area (Å²) in [5.74, 6) is 0.352. The minimum absolute atomic E-state index is 0.243. The van der Waals surface area contributed by atoms with Crippen molar-refractivity contribution in [3.8, 4) is 0 Å². The predicted octanol–water partition coefficient (Wildman–Crippen LogP) is 0.803. The van der Waals surface area contributed by atoms with Crippen LogP contribution in [0.1, 0.15) is 12.6 Å². The number of ether oxygens (including phenoxy) is 1. The van der Waals surface area contributed by atoms with E-state index in [4.69, 9.17) is 9.26 Å². The number of fused-ring (bicyclic) bond motifs is 1. The van der Waals surface area contributed by atoms with E-state index < -0.39 is 18.4 Å². The van der Waals surface area contributed by atoms with E-state index in [1.165, 1.54) is 6.33 Å². The third kappa shape index (κ3) is 3.55. The third-order valence-electron chi connectivity index (χ3n) is 3.56. The number of imidazole rings is 1. The molecule has 3 unspecified atom stereocenters. The van der Waals surface area contributed by atoms with E-state index in [2.05, 4.69) is 29.2 Å². The molecule has 1 fully saturated rings. The number of aromatic nitrogens is 4. The van der Waals surface area contributed by atoms with Gasteiger partial charge in [0.15, 0.2) is 11.2 Å². The fourth-order valence-electron chi connectivity index (χ4n) is 2.46. The molecule has 0 bridgehead atoms. The first-order valence-corrected chi connectivity index (χ1v) is 11.7. The molecule has 0 radical (unpaired) electrons. The van der Waals surface area contributed by atoms with Gasteiger partial charge in [-0.15, -0.1) is 8.93 Å². The van der Waals surface area contributed by atoms with Gasteiger partial charge < -0.3 is 19.7 Å². The van der Waals surface area contributed by atoms with Crippen LogP contribution in [-0.2, 0) is 9.26 Å². The summed E-state index contributed by atoms with van der Waals surface area (Å²) in [6.07, 6.45) is 0.468. The van der Waals surface area contributed by atoms with Crippen molar-refractivity contribution in [1.29, 1.82) is 0 Å². The first kappa shape index (κ1) is 17.2. The summed E-state index contributed by atoms with van der Waals surface area (Å²) in [5, 5.41) is 12.9. The van der Waals surface area contributed by atoms with Crippen LogP contribution < -0.4 is 10.9 Å². The Morgan fingerprint density at radius 3 is 3.26 bits per heavy atom. The summed E-state index contributed by atoms with van der Waals surface area (Å²) in [5.41, 5.74) is 0.344. The Balaban J connectivity index is 1.83. The highest BCUT2D eigenvalue weighted by Gasteiger charge is 2.36. The van der Waals surface area contributed by atoms with E-state index in [-0.39, 0.29) is 11.1 Å². The van der Waals surface area contributed by atoms with Gasteiger partial charge in [0.25, 0.3) is 5.56 Å². The highest BCUT2D eigenvalue weighted by Crippen LogP contribution is 2.44. The molecule has 126 valence electrons. The topological polar surface area (TPSA) is 114 Å². The van der Waals surface area contributed by atoms with Crippen LogP contribution in [0.5, 0.6) is 0 Å². The highest BCUT2D eigenvalue weighted by atomic mass is 32.4. The Bertz CT molecular complexity index is 738. The lowest BCUT2D eigenvalue weighted by Crippen LogP contribution is -2.25. The third-order valence-corrected chi connectivity index (χ3v) is 5.84. The van der Waals surface area contributed by atoms with Crippen LogP contribution in [-0.4, -0.2) is 50.5 Å². The standard InChI is InChI=1S/C11H18N5O4P3/c1-12-11-14-9-8(10(18)15-11)13-4-16(9)7-2-5(17)6(20-7)3-19-22-23-21/h4-7,17,22-23H,2-3,21H2,1H3,(H2,12,14,15,18)/t5-,6-,7-/m1/s1. The molecular formula is C11H18N5O4P3. The van der Waals surface area contributed by atoms with Crippen molar-refractivity contribution in [2.75, 3.05) is 19.0 Å². The smallest absolute Gasteiger partial charge is 0.280 e. The fraction of sp³-hybridized carbons (Fsp3) is 0.545. The normalized spacial score (nSPS) is 25.4. The van der Waals surface area contributed by atoms with E-state index in [9.17, 15) is 9.90 Å². The van der Waals surface area contributed by atoms with Crippen LogP contribution in [0.15, 0.2) is 11.1 Å². The monoisotopic (exact) mass is 377 g/mol. The molecule has 0 amide bonds. The molecule has 0 spiro atoms. The number of aromatic amines is 1. The molecule has 12 heteroatoms. The number of hydrogen-bond donors (Lipinski definition) is 3. The van der Waals surface area contributed by atoms with E-state index in [1.54, 1.807) is 11.6 Å². The van der Waals surface area contributed by atoms with Gasteiger partial charge in [-0.25, -0.2) is 4.98 Å². The maximum Gasteiger partial charge on any atom is 0.280 e. The first-order valence-electron chi connectivity index (χ1n) is 6.94. The van der Waals surface area contributed by atoms with Crippen molar-refractivity contribution in [3.05, 3.63) is 16.7 Å². The predicted molar refractivity (Wildman–Crippen MR) is 94.5 cm³/mol. The number of rotatable bonds is 6. The number of nitrogens with zero attached hydrogens (tertiary/aromatic N) is 3. The van der Waals surface area contributed by atoms with Crippen LogP contribution in [0.3, 0.4) is 0 Å². The number of anilines is 1. The Morgan fingerprint density at radius 1 is 1.70 bits per heavy atom. The van der Waals surface area contributed by atoms with Crippen molar-refractivity contribution in [2.45, 2.75) is 24.9 Å². The van der Waals surface area contributed by atoms with Gasteiger partial charge in [-0.05, 0) is 0 Å². The zero-order valence-corrected chi connectivity index (χ0v) is 15.5. The summed E-state index contributed by atoms with van der Waals surface area (Å²) in [6.45, 7) is 0.347. The van der Waals surface area contributed by atoms with Crippen molar-refractivity contribution >= 4 is 42.5 Å². The quantitative estimate of drug-likeness (QED) is 0.504. The molecule has 3 N–H and O–H groups in total. The van der Waals surface area contributed by atoms with E-state index in [0.717, 1.165) is 0 Å². The Hall–Kier alpha value is -0.680. The van der Waals surface area contributed by atoms with E-state index >= 15 is 0 Å². The molecule has 1 aliphatic rings. The summed E-state index contributed by atoms with van der Waals surface area (Å²) < 4.78 is 13.0. The van der Waals surface area contributed by atoms with Gasteiger partial charge in [-0.3, -0.25) is 14.3 Å². The van der Waals surface area contributed by atoms with Crippen molar-refractivity contribution in [1.82, 2.24) is 19.5 Å². The van der Waals surface area contributed by atoms with Crippen molar-refractivity contribution in [3.63, 3.8) is 0 Å². The average molecular weight is 377 g/mol. The maximum atomic E-state index is 12.0. The van der Waals surface area contributed by atoms with Gasteiger partial charge in [-0.2, -0.15) is 4.98 Å². The number of hydrogen-bond acceptors (Lipinski definition) is 7. The molecule has 2 aromatic heterocycles. The molecule has 3 rings (SSSR count). The number of H-pyrrole nitrogens is 1. The molecule has 1 aliphatic heterocycles. The van der Waals surface area contributed by atoms with Crippen LogP contribution in [0.2, 0.25) is 0 Å². The zero-order valence-electron chi connectivity index (χ0n) is 12.3. The molecule has 0 saturated carbocycles. The number of aliphatic hydroxyl groups excluding tert-OH is 1. The first-order chi connectivity index (χ1) is 11.1. The lowest BCUT2D eigenvalue weighted by Gasteiger charge is -2.15. The summed E-state index contributed by atoms with van der Waals surface area (Å²) in [7, 11) is 5.32. The average Bonchev–Trinajstić information content (AvgIpc) is 3.11. The van der Waals surface area contributed by atoms with Crippen LogP contribution in [0.4, 0.5) is 5.95 Å². The zero-order chi connectivity index (χ0) is 16.4. The Kier molecular flexibility index (Phi) is 5.57. The summed E-state index contributed by atoms with van der Waals surface area (Å²) in [6, 6.07) is 0. The molecule has 23 heavy (non-hydrogen) atoms. The van der Waals surface area contributed by atoms with Crippen LogP contribution >= 0.6 is 25.4 Å². The molecule has 3 heterocycles. The van der Waals surface area contributed by atoms with Gasteiger partial charge in [0.2, 0.25) is 5.95 Å². The van der Waals surface area contributed by atoms with Gasteiger partial charge >= 0.3 is 0 Å². The molecule has 0 aliphatic carbocycles. The SMILES string of the molecule is CNc1nc2c(ncn2[C@H]2C[C@@H](O)[C@@H](COPPP)O2)c(=O)[nH]1. The minimum Gasteiger partial charge on any atom is -0.390 e. The van der Waals surface area contributed by atoms with Crippen LogP contribution in [0, 0.1) is 0 Å². The summed E-state index contributed by atoms with van der Waals surface area (Å²) in [4.78, 5) is 23.0. The molecule has 0 aromatic carbocycles. The largest absolute Gasteiger partial charge is 0.390 e. The molecule has 2 aromatic rings. The highest BCUT2D eigenvalue weighted by molar-refractivity contribution is 8.37. The van der Waals surface area contributed by atoms with Crippen molar-refractivity contribution in [2.24, 2.45) is 0 Å². The van der Waals surface area contributed by atoms with Crippen LogP contribution in [0.25, 0.3) is 11.2 Å². The molecule has 1 saturated heterocycles. The minimum atomic E-state index is -0.624. The molecular weight excluding hydrogens is 359 g/mol. The van der Waals surface area contributed by atoms with Gasteiger partial charge in [0, 0.05) is 22.0 Å². The van der Waals surface area contributed by atoms with E-state index in [0.29, 0.717) is 41.1 Å². The van der Waals surface area contributed by atoms with Gasteiger partial charge in [-0.1, -0.05) is 7.96 Å². The molecule has 6 atom stereocenters. The maximum absolute atomic E-state index is 12.0. The molecule has 9 nitrogen and oxygen atoms in total. The van der Waals surface area contributed by atoms with E-state index in [1.807, 2.05) is 0 Å². The number of nitrogens with one attached hydrogen (secondary N) is 2. The number of aliphatic hydroxyl groups is 1. The second kappa shape index (κ2) is 7.47. The van der Waals surface area contributed by atoms with Gasteiger partial charge in [0.05, 0.1) is 19.0 Å². The lowest BCUT2D eigenvalue weighted by molar-refractivity contribution is -0.0355. The summed E-state index contributed by atoms with van der Waals surface area (Å²) >= 11 is 0.